The van der Waals surface area contributed by atoms with Crippen molar-refractivity contribution in [2.75, 3.05) is 39.6 Å². The standard InChI is InChI=1S/C29H48N2O5/c1-3-4-5-13-18-33-20-21-34-22-23-36-29(32)15-12-10-8-6-7-9-11-14-19-35-26-16-17-27-28(24-26)31-25(2)30-27/h16-17,24H,3-15,18-23H2,1-2H3,(H,30,31). The zero-order valence-electron chi connectivity index (χ0n) is 22.7. The summed E-state index contributed by atoms with van der Waals surface area (Å²) in [5.41, 5.74) is 2.00. The lowest BCUT2D eigenvalue weighted by molar-refractivity contribution is -0.145. The number of fused-ring (bicyclic) bond motifs is 1. The van der Waals surface area contributed by atoms with Crippen molar-refractivity contribution in [3.05, 3.63) is 24.0 Å². The number of H-pyrrole nitrogens is 1. The van der Waals surface area contributed by atoms with Crippen molar-refractivity contribution >= 4 is 17.0 Å². The molecule has 7 heteroatoms. The molecule has 36 heavy (non-hydrogen) atoms. The predicted octanol–water partition coefficient (Wildman–Crippen LogP) is 6.92. The highest BCUT2D eigenvalue weighted by Crippen LogP contribution is 2.19. The number of aromatic nitrogens is 2. The lowest BCUT2D eigenvalue weighted by Gasteiger charge is -2.07. The molecule has 7 nitrogen and oxygen atoms in total. The Balaban J connectivity index is 1.29. The summed E-state index contributed by atoms with van der Waals surface area (Å²) in [5, 5.41) is 0. The second-order valence-electron chi connectivity index (χ2n) is 9.43. The van der Waals surface area contributed by atoms with E-state index in [4.69, 9.17) is 18.9 Å². The van der Waals surface area contributed by atoms with Gasteiger partial charge in [0, 0.05) is 19.1 Å². The van der Waals surface area contributed by atoms with Gasteiger partial charge in [-0.05, 0) is 38.3 Å². The van der Waals surface area contributed by atoms with Gasteiger partial charge in [-0.2, -0.15) is 0 Å². The van der Waals surface area contributed by atoms with Gasteiger partial charge in [0.1, 0.15) is 18.2 Å². The number of hydrogen-bond donors (Lipinski definition) is 1. The van der Waals surface area contributed by atoms with Crippen molar-refractivity contribution in [3.63, 3.8) is 0 Å². The molecule has 2 aromatic rings. The smallest absolute Gasteiger partial charge is 0.305 e. The van der Waals surface area contributed by atoms with Crippen molar-refractivity contribution in [2.24, 2.45) is 0 Å². The second kappa shape index (κ2) is 20.0. The third-order valence-corrected chi connectivity index (χ3v) is 6.12. The molecular formula is C29H48N2O5. The number of imidazole rings is 1. The molecule has 1 heterocycles. The summed E-state index contributed by atoms with van der Waals surface area (Å²) in [6.07, 6.45) is 14.5. The van der Waals surface area contributed by atoms with E-state index in [0.29, 0.717) is 32.8 Å². The molecule has 0 unspecified atom stereocenters. The van der Waals surface area contributed by atoms with Gasteiger partial charge < -0.3 is 23.9 Å². The van der Waals surface area contributed by atoms with E-state index in [0.717, 1.165) is 61.5 Å². The first-order valence-electron chi connectivity index (χ1n) is 14.1. The van der Waals surface area contributed by atoms with Gasteiger partial charge in [-0.25, -0.2) is 4.98 Å². The first-order valence-corrected chi connectivity index (χ1v) is 14.1. The minimum atomic E-state index is -0.118. The number of hydrogen-bond acceptors (Lipinski definition) is 6. The number of rotatable bonds is 23. The molecule has 2 rings (SSSR count). The summed E-state index contributed by atoms with van der Waals surface area (Å²) in [5.74, 6) is 1.70. The SMILES string of the molecule is CCCCCCOCCOCCOC(=O)CCCCCCCCCCOc1ccc2nc(C)[nH]c2c1. The van der Waals surface area contributed by atoms with Crippen LogP contribution in [-0.2, 0) is 19.0 Å². The zero-order valence-corrected chi connectivity index (χ0v) is 22.7. The zero-order chi connectivity index (χ0) is 25.7. The summed E-state index contributed by atoms with van der Waals surface area (Å²) >= 11 is 0. The quantitative estimate of drug-likeness (QED) is 0.131. The normalized spacial score (nSPS) is 11.3. The fraction of sp³-hybridized carbons (Fsp3) is 0.724. The molecule has 0 aliphatic rings. The van der Waals surface area contributed by atoms with E-state index < -0.39 is 0 Å². The molecular weight excluding hydrogens is 456 g/mol. The minimum Gasteiger partial charge on any atom is -0.494 e. The fourth-order valence-corrected chi connectivity index (χ4v) is 4.07. The summed E-state index contributed by atoms with van der Waals surface area (Å²) in [7, 11) is 0. The number of benzene rings is 1. The van der Waals surface area contributed by atoms with Gasteiger partial charge in [0.15, 0.2) is 0 Å². The molecule has 0 atom stereocenters. The minimum absolute atomic E-state index is 0.118. The fourth-order valence-electron chi connectivity index (χ4n) is 4.07. The highest BCUT2D eigenvalue weighted by atomic mass is 16.6. The third-order valence-electron chi connectivity index (χ3n) is 6.12. The molecule has 0 saturated heterocycles. The summed E-state index contributed by atoms with van der Waals surface area (Å²) in [6, 6.07) is 6.00. The van der Waals surface area contributed by atoms with Crippen LogP contribution in [0.2, 0.25) is 0 Å². The Bertz CT molecular complexity index is 823. The number of esters is 1. The first-order chi connectivity index (χ1) is 17.7. The van der Waals surface area contributed by atoms with E-state index in [-0.39, 0.29) is 5.97 Å². The molecule has 1 aromatic carbocycles. The molecule has 0 bridgehead atoms. The Morgan fingerprint density at radius 2 is 1.42 bits per heavy atom. The van der Waals surface area contributed by atoms with Crippen molar-refractivity contribution in [2.45, 2.75) is 97.3 Å². The largest absolute Gasteiger partial charge is 0.494 e. The molecule has 1 aromatic heterocycles. The molecule has 1 N–H and O–H groups in total. The van der Waals surface area contributed by atoms with Crippen LogP contribution in [0, 0.1) is 6.92 Å². The number of aryl methyl sites for hydroxylation is 1. The number of unbranched alkanes of at least 4 members (excludes halogenated alkanes) is 10. The van der Waals surface area contributed by atoms with Crippen LogP contribution in [0.1, 0.15) is 96.2 Å². The van der Waals surface area contributed by atoms with Crippen LogP contribution in [0.15, 0.2) is 18.2 Å². The van der Waals surface area contributed by atoms with Gasteiger partial charge in [0.25, 0.3) is 0 Å². The van der Waals surface area contributed by atoms with Crippen molar-refractivity contribution in [1.29, 1.82) is 0 Å². The van der Waals surface area contributed by atoms with E-state index in [1.165, 1.54) is 51.4 Å². The average molecular weight is 505 g/mol. The van der Waals surface area contributed by atoms with Crippen LogP contribution in [-0.4, -0.2) is 55.6 Å². The Labute approximate surface area is 217 Å². The van der Waals surface area contributed by atoms with E-state index in [2.05, 4.69) is 16.9 Å². The number of ether oxygens (including phenoxy) is 4. The van der Waals surface area contributed by atoms with Gasteiger partial charge in [-0.1, -0.05) is 64.7 Å². The van der Waals surface area contributed by atoms with Gasteiger partial charge in [-0.15, -0.1) is 0 Å². The van der Waals surface area contributed by atoms with Gasteiger partial charge in [0.2, 0.25) is 0 Å². The predicted molar refractivity (Wildman–Crippen MR) is 145 cm³/mol. The summed E-state index contributed by atoms with van der Waals surface area (Å²) in [6.45, 7) is 7.65. The Kier molecular flexibility index (Phi) is 16.7. The van der Waals surface area contributed by atoms with Crippen LogP contribution in [0.5, 0.6) is 5.75 Å². The molecule has 0 saturated carbocycles. The Morgan fingerprint density at radius 1 is 0.778 bits per heavy atom. The lowest BCUT2D eigenvalue weighted by atomic mass is 10.1. The van der Waals surface area contributed by atoms with Crippen molar-refractivity contribution in [3.8, 4) is 5.75 Å². The maximum Gasteiger partial charge on any atom is 0.305 e. The van der Waals surface area contributed by atoms with E-state index in [9.17, 15) is 4.79 Å². The lowest BCUT2D eigenvalue weighted by Crippen LogP contribution is -2.13. The summed E-state index contributed by atoms with van der Waals surface area (Å²) < 4.78 is 22.1. The summed E-state index contributed by atoms with van der Waals surface area (Å²) in [4.78, 5) is 19.4. The topological polar surface area (TPSA) is 82.7 Å². The number of aromatic amines is 1. The second-order valence-corrected chi connectivity index (χ2v) is 9.43. The number of carbonyl (C=O) groups excluding carboxylic acids is 1. The van der Waals surface area contributed by atoms with Gasteiger partial charge in [-0.3, -0.25) is 4.79 Å². The maximum absolute atomic E-state index is 11.8. The van der Waals surface area contributed by atoms with Crippen LogP contribution in [0.25, 0.3) is 11.0 Å². The third kappa shape index (κ3) is 14.4. The van der Waals surface area contributed by atoms with Crippen molar-refractivity contribution < 1.29 is 23.7 Å². The van der Waals surface area contributed by atoms with Crippen LogP contribution in [0.3, 0.4) is 0 Å². The van der Waals surface area contributed by atoms with Crippen LogP contribution < -0.4 is 4.74 Å². The van der Waals surface area contributed by atoms with E-state index >= 15 is 0 Å². The number of carbonyl (C=O) groups is 1. The molecule has 0 radical (unpaired) electrons. The highest BCUT2D eigenvalue weighted by Gasteiger charge is 2.03. The number of nitrogens with zero attached hydrogens (tertiary/aromatic N) is 1. The highest BCUT2D eigenvalue weighted by molar-refractivity contribution is 5.76. The molecule has 204 valence electrons. The monoisotopic (exact) mass is 504 g/mol. The number of nitrogens with one attached hydrogen (secondary N) is 1. The molecule has 0 fully saturated rings. The molecule has 0 spiro atoms. The van der Waals surface area contributed by atoms with Gasteiger partial charge in [0.05, 0.1) is 37.5 Å². The molecule has 0 aliphatic carbocycles. The van der Waals surface area contributed by atoms with Crippen molar-refractivity contribution in [1.82, 2.24) is 9.97 Å². The van der Waals surface area contributed by atoms with Gasteiger partial charge >= 0.3 is 5.97 Å². The molecule has 0 amide bonds. The molecule has 0 aliphatic heterocycles. The van der Waals surface area contributed by atoms with Crippen LogP contribution >= 0.6 is 0 Å². The maximum atomic E-state index is 11.8. The van der Waals surface area contributed by atoms with Crippen LogP contribution in [0.4, 0.5) is 0 Å². The van der Waals surface area contributed by atoms with E-state index in [1.54, 1.807) is 0 Å². The Morgan fingerprint density at radius 3 is 2.19 bits per heavy atom. The average Bonchev–Trinajstić information content (AvgIpc) is 3.25. The first kappa shape index (κ1) is 30.1. The van der Waals surface area contributed by atoms with E-state index in [1.807, 2.05) is 25.1 Å². The Hall–Kier alpha value is -2.12.